The fraction of sp³-hybridized carbons (Fsp3) is 0.455. The van der Waals surface area contributed by atoms with Gasteiger partial charge in [0.25, 0.3) is 0 Å². The highest BCUT2D eigenvalue weighted by Crippen LogP contribution is 2.35. The summed E-state index contributed by atoms with van der Waals surface area (Å²) in [6.45, 7) is -0.352. The van der Waals surface area contributed by atoms with Crippen molar-refractivity contribution >= 4 is 33.2 Å². The van der Waals surface area contributed by atoms with Crippen LogP contribution in [-0.2, 0) is 16.6 Å². The molecular formula is C11H13Cl2NO3S. The summed E-state index contributed by atoms with van der Waals surface area (Å²) >= 11 is 11.9. The third-order valence-corrected chi connectivity index (χ3v) is 5.68. The molecule has 7 heteroatoms. The van der Waals surface area contributed by atoms with Crippen LogP contribution in [0.15, 0.2) is 17.0 Å². The lowest BCUT2D eigenvalue weighted by atomic mass is 10.2. The van der Waals surface area contributed by atoms with E-state index in [9.17, 15) is 8.42 Å². The molecule has 0 unspecified atom stereocenters. The van der Waals surface area contributed by atoms with Crippen molar-refractivity contribution in [3.63, 3.8) is 0 Å². The van der Waals surface area contributed by atoms with E-state index in [4.69, 9.17) is 28.3 Å². The smallest absolute Gasteiger partial charge is 0.244 e. The molecule has 1 aromatic carbocycles. The van der Waals surface area contributed by atoms with Gasteiger partial charge in [-0.15, -0.1) is 0 Å². The third-order valence-electron chi connectivity index (χ3n) is 2.97. The Morgan fingerprint density at radius 3 is 2.50 bits per heavy atom. The molecule has 0 radical (unpaired) electrons. The number of sulfonamides is 1. The Kier molecular flexibility index (Phi) is 3.90. The quantitative estimate of drug-likeness (QED) is 0.928. The maximum atomic E-state index is 12.4. The molecule has 4 nitrogen and oxygen atoms in total. The molecule has 0 bridgehead atoms. The van der Waals surface area contributed by atoms with Crippen LogP contribution in [0.4, 0.5) is 0 Å². The van der Waals surface area contributed by atoms with Gasteiger partial charge in [0.05, 0.1) is 11.6 Å². The van der Waals surface area contributed by atoms with E-state index in [0.717, 1.165) is 12.8 Å². The fourth-order valence-electron chi connectivity index (χ4n) is 1.71. The summed E-state index contributed by atoms with van der Waals surface area (Å²) in [5, 5.41) is 9.42. The number of aliphatic hydroxyl groups excluding tert-OH is 1. The number of hydrogen-bond donors (Lipinski definition) is 1. The molecule has 18 heavy (non-hydrogen) atoms. The SMILES string of the molecule is CN(C1CC1)S(=O)(=O)c1cc(Cl)cc(CO)c1Cl. The summed E-state index contributed by atoms with van der Waals surface area (Å²) in [6, 6.07) is 2.82. The van der Waals surface area contributed by atoms with Crippen molar-refractivity contribution in [1.82, 2.24) is 4.31 Å². The molecule has 1 saturated carbocycles. The molecule has 2 rings (SSSR count). The van der Waals surface area contributed by atoms with Crippen LogP contribution in [0, 0.1) is 0 Å². The van der Waals surface area contributed by atoms with Crippen molar-refractivity contribution < 1.29 is 13.5 Å². The van der Waals surface area contributed by atoms with Gasteiger partial charge in [-0.05, 0) is 30.5 Å². The number of aliphatic hydroxyl groups is 1. The van der Waals surface area contributed by atoms with Gasteiger partial charge in [0.2, 0.25) is 10.0 Å². The van der Waals surface area contributed by atoms with Crippen LogP contribution in [0.2, 0.25) is 10.0 Å². The second-order valence-electron chi connectivity index (χ2n) is 4.29. The Labute approximate surface area is 116 Å². The fourth-order valence-corrected chi connectivity index (χ4v) is 4.02. The highest BCUT2D eigenvalue weighted by Gasteiger charge is 2.36. The van der Waals surface area contributed by atoms with Crippen molar-refractivity contribution in [3.8, 4) is 0 Å². The minimum absolute atomic E-state index is 0.0365. The summed E-state index contributed by atoms with van der Waals surface area (Å²) in [6.07, 6.45) is 1.72. The zero-order valence-electron chi connectivity index (χ0n) is 9.73. The van der Waals surface area contributed by atoms with E-state index in [2.05, 4.69) is 0 Å². The number of benzene rings is 1. The topological polar surface area (TPSA) is 57.6 Å². The summed E-state index contributed by atoms with van der Waals surface area (Å²) in [5.74, 6) is 0. The van der Waals surface area contributed by atoms with Gasteiger partial charge in [0.15, 0.2) is 0 Å². The monoisotopic (exact) mass is 309 g/mol. The van der Waals surface area contributed by atoms with Gasteiger partial charge >= 0.3 is 0 Å². The van der Waals surface area contributed by atoms with Gasteiger partial charge in [0, 0.05) is 18.1 Å². The van der Waals surface area contributed by atoms with E-state index in [-0.39, 0.29) is 27.6 Å². The average molecular weight is 310 g/mol. The molecule has 0 atom stereocenters. The van der Waals surface area contributed by atoms with Crippen LogP contribution >= 0.6 is 23.2 Å². The lowest BCUT2D eigenvalue weighted by molar-refractivity contribution is 0.281. The highest BCUT2D eigenvalue weighted by atomic mass is 35.5. The van der Waals surface area contributed by atoms with Crippen LogP contribution in [0.1, 0.15) is 18.4 Å². The van der Waals surface area contributed by atoms with Crippen molar-refractivity contribution in [1.29, 1.82) is 0 Å². The second-order valence-corrected chi connectivity index (χ2v) is 7.07. The first kappa shape index (κ1) is 14.1. The van der Waals surface area contributed by atoms with Crippen molar-refractivity contribution in [2.75, 3.05) is 7.05 Å². The maximum Gasteiger partial charge on any atom is 0.244 e. The summed E-state index contributed by atoms with van der Waals surface area (Å²) in [7, 11) is -2.13. The zero-order chi connectivity index (χ0) is 13.5. The summed E-state index contributed by atoms with van der Waals surface area (Å²) in [4.78, 5) is -0.0462. The standard InChI is InChI=1S/C11H13Cl2NO3S/c1-14(9-2-3-9)18(16,17)10-5-8(12)4-7(6-15)11(10)13/h4-5,9,15H,2-3,6H2,1H3. The Hall–Kier alpha value is -0.330. The van der Waals surface area contributed by atoms with Gasteiger partial charge in [0.1, 0.15) is 4.90 Å². The van der Waals surface area contributed by atoms with Gasteiger partial charge in [-0.2, -0.15) is 4.31 Å². The lowest BCUT2D eigenvalue weighted by Crippen LogP contribution is -2.29. The Balaban J connectivity index is 2.53. The van der Waals surface area contributed by atoms with E-state index >= 15 is 0 Å². The molecule has 1 aliphatic rings. The van der Waals surface area contributed by atoms with E-state index in [1.54, 1.807) is 0 Å². The van der Waals surface area contributed by atoms with E-state index in [0.29, 0.717) is 5.56 Å². The molecule has 1 aromatic rings. The highest BCUT2D eigenvalue weighted by molar-refractivity contribution is 7.89. The van der Waals surface area contributed by atoms with Crippen LogP contribution in [-0.4, -0.2) is 30.9 Å². The van der Waals surface area contributed by atoms with Gasteiger partial charge in [-0.3, -0.25) is 0 Å². The summed E-state index contributed by atoms with van der Waals surface area (Å²) in [5.41, 5.74) is 0.312. The molecule has 0 spiro atoms. The molecule has 1 fully saturated rings. The predicted octanol–water partition coefficient (Wildman–Crippen LogP) is 2.27. The van der Waals surface area contributed by atoms with Gasteiger partial charge in [-0.25, -0.2) is 8.42 Å². The normalized spacial score (nSPS) is 16.3. The van der Waals surface area contributed by atoms with Crippen molar-refractivity contribution in [2.45, 2.75) is 30.4 Å². The first-order valence-corrected chi connectivity index (χ1v) is 7.64. The molecule has 0 aliphatic heterocycles. The molecule has 1 aliphatic carbocycles. The van der Waals surface area contributed by atoms with Crippen LogP contribution in [0.3, 0.4) is 0 Å². The zero-order valence-corrected chi connectivity index (χ0v) is 12.1. The predicted molar refractivity (Wildman–Crippen MR) is 70.4 cm³/mol. The molecule has 100 valence electrons. The third kappa shape index (κ3) is 2.51. The molecule has 0 heterocycles. The first-order valence-electron chi connectivity index (χ1n) is 5.44. The Morgan fingerprint density at radius 1 is 1.39 bits per heavy atom. The Bertz CT molecular complexity index is 570. The van der Waals surface area contributed by atoms with Crippen LogP contribution < -0.4 is 0 Å². The number of rotatable bonds is 4. The average Bonchev–Trinajstić information content (AvgIpc) is 3.14. The largest absolute Gasteiger partial charge is 0.392 e. The van der Waals surface area contributed by atoms with E-state index in [1.165, 1.54) is 23.5 Å². The number of nitrogens with zero attached hydrogens (tertiary/aromatic N) is 1. The van der Waals surface area contributed by atoms with Crippen LogP contribution in [0.5, 0.6) is 0 Å². The second kappa shape index (κ2) is 4.98. The molecular weight excluding hydrogens is 297 g/mol. The summed E-state index contributed by atoms with van der Waals surface area (Å²) < 4.78 is 26.0. The molecule has 0 amide bonds. The van der Waals surface area contributed by atoms with Crippen molar-refractivity contribution in [2.24, 2.45) is 0 Å². The van der Waals surface area contributed by atoms with E-state index < -0.39 is 10.0 Å². The minimum atomic E-state index is -3.66. The van der Waals surface area contributed by atoms with E-state index in [1.807, 2.05) is 0 Å². The molecule has 0 aromatic heterocycles. The lowest BCUT2D eigenvalue weighted by Gasteiger charge is -2.18. The van der Waals surface area contributed by atoms with Crippen LogP contribution in [0.25, 0.3) is 0 Å². The molecule has 0 saturated heterocycles. The number of hydrogen-bond acceptors (Lipinski definition) is 3. The van der Waals surface area contributed by atoms with Crippen molar-refractivity contribution in [3.05, 3.63) is 27.7 Å². The maximum absolute atomic E-state index is 12.4. The molecule has 1 N–H and O–H groups in total. The minimum Gasteiger partial charge on any atom is -0.392 e. The number of halogens is 2. The first-order chi connectivity index (χ1) is 8.37. The van der Waals surface area contributed by atoms with Gasteiger partial charge < -0.3 is 5.11 Å². The van der Waals surface area contributed by atoms with Gasteiger partial charge in [-0.1, -0.05) is 23.2 Å². The Morgan fingerprint density at radius 2 is 2.00 bits per heavy atom.